The topological polar surface area (TPSA) is 70.2 Å². The zero-order valence-electron chi connectivity index (χ0n) is 15.6. The number of aromatic amines is 1. The molecule has 2 N–H and O–H groups in total. The van der Waals surface area contributed by atoms with Crippen LogP contribution in [-0.2, 0) is 12.8 Å². The van der Waals surface area contributed by atoms with E-state index in [0.717, 1.165) is 42.0 Å². The number of nitrogens with one attached hydrogen (secondary N) is 2. The molecule has 0 saturated carbocycles. The Morgan fingerprint density at radius 2 is 2.04 bits per heavy atom. The van der Waals surface area contributed by atoms with Gasteiger partial charge in [0, 0.05) is 25.8 Å². The van der Waals surface area contributed by atoms with E-state index in [1.807, 2.05) is 45.2 Å². The maximum Gasteiger partial charge on any atom is 0.317 e. The Kier molecular flexibility index (Phi) is 6.86. The number of aromatic nitrogens is 2. The zero-order valence-corrected chi connectivity index (χ0v) is 15.6. The molecule has 2 aromatic rings. The highest BCUT2D eigenvalue weighted by molar-refractivity contribution is 5.73. The number of H-pyrrole nitrogens is 1. The van der Waals surface area contributed by atoms with Crippen molar-refractivity contribution >= 4 is 6.03 Å². The lowest BCUT2D eigenvalue weighted by Crippen LogP contribution is -2.38. The van der Waals surface area contributed by atoms with Gasteiger partial charge in [0.1, 0.15) is 5.75 Å². The van der Waals surface area contributed by atoms with Gasteiger partial charge in [0.15, 0.2) is 0 Å². The summed E-state index contributed by atoms with van der Waals surface area (Å²) >= 11 is 0. The molecule has 0 atom stereocenters. The van der Waals surface area contributed by atoms with Gasteiger partial charge in [-0.2, -0.15) is 5.10 Å². The molecule has 1 aromatic carbocycles. The number of hydrogen-bond acceptors (Lipinski definition) is 3. The minimum atomic E-state index is -0.0458. The molecule has 1 heterocycles. The van der Waals surface area contributed by atoms with Crippen molar-refractivity contribution in [2.45, 2.75) is 33.1 Å². The fourth-order valence-electron chi connectivity index (χ4n) is 2.89. The van der Waals surface area contributed by atoms with Crippen LogP contribution in [0.2, 0.25) is 0 Å². The molecular formula is C19H28N4O2. The van der Waals surface area contributed by atoms with Crippen molar-refractivity contribution in [3.8, 4) is 5.75 Å². The zero-order chi connectivity index (χ0) is 18.2. The second-order valence-corrected chi connectivity index (χ2v) is 6.23. The standard InChI is InChI=1S/C19H28N4O2/c1-14-17(15(2)22-21-14)9-7-13-23(3)19(24)20-12-11-16-8-5-6-10-18(16)25-4/h5-6,8,10H,7,9,11-13H2,1-4H3,(H,20,24)(H,21,22). The third-order valence-corrected chi connectivity index (χ3v) is 4.41. The normalized spacial score (nSPS) is 10.6. The fourth-order valence-corrected chi connectivity index (χ4v) is 2.89. The Morgan fingerprint density at radius 1 is 1.28 bits per heavy atom. The van der Waals surface area contributed by atoms with Crippen molar-refractivity contribution < 1.29 is 9.53 Å². The molecule has 6 heteroatoms. The fraction of sp³-hybridized carbons (Fsp3) is 0.474. The van der Waals surface area contributed by atoms with Crippen molar-refractivity contribution in [1.82, 2.24) is 20.4 Å². The number of hydrogen-bond donors (Lipinski definition) is 2. The van der Waals surface area contributed by atoms with E-state index in [4.69, 9.17) is 4.74 Å². The first kappa shape index (κ1) is 18.8. The van der Waals surface area contributed by atoms with Crippen LogP contribution in [0.5, 0.6) is 5.75 Å². The highest BCUT2D eigenvalue weighted by Crippen LogP contribution is 2.17. The Labute approximate surface area is 149 Å². The average Bonchev–Trinajstić information content (AvgIpc) is 2.93. The number of amides is 2. The summed E-state index contributed by atoms with van der Waals surface area (Å²) in [5.74, 6) is 0.857. The van der Waals surface area contributed by atoms with Crippen molar-refractivity contribution in [2.75, 3.05) is 27.2 Å². The Bertz CT molecular complexity index is 677. The van der Waals surface area contributed by atoms with Crippen LogP contribution in [0.25, 0.3) is 0 Å². The van der Waals surface area contributed by atoms with Crippen molar-refractivity contribution in [3.63, 3.8) is 0 Å². The van der Waals surface area contributed by atoms with E-state index in [-0.39, 0.29) is 6.03 Å². The summed E-state index contributed by atoms with van der Waals surface area (Å²) in [4.78, 5) is 13.9. The molecule has 25 heavy (non-hydrogen) atoms. The van der Waals surface area contributed by atoms with E-state index in [1.54, 1.807) is 12.0 Å². The molecule has 2 rings (SSSR count). The summed E-state index contributed by atoms with van der Waals surface area (Å²) < 4.78 is 5.33. The average molecular weight is 344 g/mol. The molecule has 0 radical (unpaired) electrons. The van der Waals surface area contributed by atoms with Gasteiger partial charge in [-0.25, -0.2) is 4.79 Å². The van der Waals surface area contributed by atoms with Gasteiger partial charge in [-0.05, 0) is 50.3 Å². The number of methoxy groups -OCH3 is 1. The van der Waals surface area contributed by atoms with Crippen LogP contribution >= 0.6 is 0 Å². The van der Waals surface area contributed by atoms with E-state index >= 15 is 0 Å². The van der Waals surface area contributed by atoms with E-state index in [2.05, 4.69) is 15.5 Å². The molecule has 2 amide bonds. The molecule has 0 bridgehead atoms. The summed E-state index contributed by atoms with van der Waals surface area (Å²) in [7, 11) is 3.49. The molecular weight excluding hydrogens is 316 g/mol. The second kappa shape index (κ2) is 9.11. The van der Waals surface area contributed by atoms with Crippen LogP contribution in [0.1, 0.15) is 28.9 Å². The molecule has 136 valence electrons. The van der Waals surface area contributed by atoms with Gasteiger partial charge < -0.3 is 15.0 Å². The van der Waals surface area contributed by atoms with Crippen LogP contribution in [0.4, 0.5) is 4.79 Å². The minimum absolute atomic E-state index is 0.0458. The highest BCUT2D eigenvalue weighted by Gasteiger charge is 2.10. The predicted octanol–water partition coefficient (Wildman–Crippen LogP) is 2.85. The monoisotopic (exact) mass is 344 g/mol. The number of carbonyl (C=O) groups is 1. The number of carbonyl (C=O) groups excluding carboxylic acids is 1. The number of ether oxygens (including phenoxy) is 1. The van der Waals surface area contributed by atoms with Gasteiger partial charge in [0.25, 0.3) is 0 Å². The van der Waals surface area contributed by atoms with Gasteiger partial charge in [0.2, 0.25) is 0 Å². The van der Waals surface area contributed by atoms with Gasteiger partial charge in [-0.3, -0.25) is 5.10 Å². The van der Waals surface area contributed by atoms with E-state index in [1.165, 1.54) is 5.56 Å². The first-order valence-corrected chi connectivity index (χ1v) is 8.64. The van der Waals surface area contributed by atoms with Crippen LogP contribution in [-0.4, -0.2) is 48.4 Å². The van der Waals surface area contributed by atoms with E-state index in [0.29, 0.717) is 13.1 Å². The third-order valence-electron chi connectivity index (χ3n) is 4.41. The number of urea groups is 1. The largest absolute Gasteiger partial charge is 0.496 e. The molecule has 6 nitrogen and oxygen atoms in total. The van der Waals surface area contributed by atoms with Crippen LogP contribution in [0.15, 0.2) is 24.3 Å². The third kappa shape index (κ3) is 5.24. The molecule has 0 aliphatic carbocycles. The Hall–Kier alpha value is -2.50. The lowest BCUT2D eigenvalue weighted by atomic mass is 10.1. The van der Waals surface area contributed by atoms with E-state index in [9.17, 15) is 4.79 Å². The smallest absolute Gasteiger partial charge is 0.317 e. The quantitative estimate of drug-likeness (QED) is 0.773. The van der Waals surface area contributed by atoms with Crippen LogP contribution in [0.3, 0.4) is 0 Å². The number of benzene rings is 1. The first-order valence-electron chi connectivity index (χ1n) is 8.64. The molecule has 0 saturated heterocycles. The number of rotatable bonds is 8. The molecule has 1 aromatic heterocycles. The Morgan fingerprint density at radius 3 is 2.72 bits per heavy atom. The minimum Gasteiger partial charge on any atom is -0.496 e. The highest BCUT2D eigenvalue weighted by atomic mass is 16.5. The summed E-state index contributed by atoms with van der Waals surface area (Å²) in [5, 5.41) is 10.2. The van der Waals surface area contributed by atoms with Crippen molar-refractivity contribution in [3.05, 3.63) is 46.8 Å². The number of nitrogens with zero attached hydrogens (tertiary/aromatic N) is 2. The number of aryl methyl sites for hydroxylation is 2. The summed E-state index contributed by atoms with van der Waals surface area (Å²) in [6, 6.07) is 7.83. The van der Waals surface area contributed by atoms with Crippen LogP contribution in [0, 0.1) is 13.8 Å². The van der Waals surface area contributed by atoms with E-state index < -0.39 is 0 Å². The lowest BCUT2D eigenvalue weighted by molar-refractivity contribution is 0.208. The lowest BCUT2D eigenvalue weighted by Gasteiger charge is -2.18. The summed E-state index contributed by atoms with van der Waals surface area (Å²) in [5.41, 5.74) is 4.51. The first-order chi connectivity index (χ1) is 12.0. The molecule has 0 unspecified atom stereocenters. The van der Waals surface area contributed by atoms with Gasteiger partial charge in [-0.15, -0.1) is 0 Å². The van der Waals surface area contributed by atoms with Gasteiger partial charge in [-0.1, -0.05) is 18.2 Å². The summed E-state index contributed by atoms with van der Waals surface area (Å²) in [6.07, 6.45) is 2.58. The maximum absolute atomic E-state index is 12.2. The Balaban J connectivity index is 1.71. The van der Waals surface area contributed by atoms with Gasteiger partial charge in [0.05, 0.1) is 12.8 Å². The molecule has 0 fully saturated rings. The summed E-state index contributed by atoms with van der Waals surface area (Å²) in [6.45, 7) is 5.34. The maximum atomic E-state index is 12.2. The van der Waals surface area contributed by atoms with Crippen molar-refractivity contribution in [1.29, 1.82) is 0 Å². The predicted molar refractivity (Wildman–Crippen MR) is 99.1 cm³/mol. The molecule has 0 spiro atoms. The SMILES string of the molecule is COc1ccccc1CCNC(=O)N(C)CCCc1c(C)n[nH]c1C. The molecule has 0 aliphatic rings. The van der Waals surface area contributed by atoms with Crippen LogP contribution < -0.4 is 10.1 Å². The molecule has 0 aliphatic heterocycles. The number of para-hydroxylation sites is 1. The van der Waals surface area contributed by atoms with Gasteiger partial charge >= 0.3 is 6.03 Å². The second-order valence-electron chi connectivity index (χ2n) is 6.23. The van der Waals surface area contributed by atoms with Crippen molar-refractivity contribution in [2.24, 2.45) is 0 Å².